The molecule has 2 aromatic rings. The Kier molecular flexibility index (Phi) is 5.88. The van der Waals surface area contributed by atoms with Gasteiger partial charge in [-0.1, -0.05) is 30.3 Å². The van der Waals surface area contributed by atoms with Crippen LogP contribution in [0, 0.1) is 5.92 Å². The lowest BCUT2D eigenvalue weighted by Gasteiger charge is -2.20. The van der Waals surface area contributed by atoms with Gasteiger partial charge < -0.3 is 10.6 Å². The fourth-order valence-corrected chi connectivity index (χ4v) is 3.45. The van der Waals surface area contributed by atoms with Crippen LogP contribution in [0.3, 0.4) is 0 Å². The molecule has 1 saturated heterocycles. The quantitative estimate of drug-likeness (QED) is 0.723. The predicted molar refractivity (Wildman–Crippen MR) is 94.3 cm³/mol. The molecular weight excluding hydrogens is 398 g/mol. The molecule has 2 aromatic carbocycles. The topological polar surface area (TPSA) is 41.1 Å². The SMILES string of the molecule is O=C(NC[C@@H]1CNC[C@H]1c1ccccc1)c1cc(C(F)(F)F)cc(C(F)(F)F)c1. The summed E-state index contributed by atoms with van der Waals surface area (Å²) in [6.45, 7) is 1.38. The normalized spacial score (nSPS) is 19.9. The molecule has 0 saturated carbocycles. The van der Waals surface area contributed by atoms with E-state index in [0.717, 1.165) is 5.56 Å². The zero-order chi connectivity index (χ0) is 21.2. The fraction of sp³-hybridized carbons (Fsp3) is 0.350. The lowest BCUT2D eigenvalue weighted by atomic mass is 9.89. The molecule has 1 amide bonds. The second-order valence-corrected chi connectivity index (χ2v) is 6.94. The smallest absolute Gasteiger partial charge is 0.352 e. The first-order chi connectivity index (χ1) is 13.6. The summed E-state index contributed by atoms with van der Waals surface area (Å²) in [4.78, 5) is 12.3. The van der Waals surface area contributed by atoms with E-state index < -0.39 is 35.0 Å². The minimum Gasteiger partial charge on any atom is -0.352 e. The maximum absolute atomic E-state index is 13.0. The average Bonchev–Trinajstić information content (AvgIpc) is 3.13. The van der Waals surface area contributed by atoms with E-state index in [1.165, 1.54) is 0 Å². The molecule has 1 aliphatic rings. The first-order valence-corrected chi connectivity index (χ1v) is 8.89. The van der Waals surface area contributed by atoms with E-state index in [-0.39, 0.29) is 24.4 Å². The Hall–Kier alpha value is -2.55. The van der Waals surface area contributed by atoms with Crippen molar-refractivity contribution in [2.24, 2.45) is 5.92 Å². The highest BCUT2D eigenvalue weighted by molar-refractivity contribution is 5.94. The Morgan fingerprint density at radius 1 is 0.931 bits per heavy atom. The van der Waals surface area contributed by atoms with Gasteiger partial charge in [-0.05, 0) is 29.7 Å². The molecule has 9 heteroatoms. The van der Waals surface area contributed by atoms with Crippen molar-refractivity contribution in [2.75, 3.05) is 19.6 Å². The standard InChI is InChI=1S/C20H18F6N2O/c21-19(22,23)15-6-13(7-16(8-15)20(24,25)26)18(29)28-10-14-9-27-11-17(14)12-4-2-1-3-5-12/h1-8,14,17,27H,9-11H2,(H,28,29)/t14-,17-/m0/s1. The number of benzene rings is 2. The van der Waals surface area contributed by atoms with Crippen molar-refractivity contribution in [2.45, 2.75) is 18.3 Å². The first-order valence-electron chi connectivity index (χ1n) is 8.89. The summed E-state index contributed by atoms with van der Waals surface area (Å²) in [5.74, 6) is -0.918. The summed E-state index contributed by atoms with van der Waals surface area (Å²) in [5.41, 5.74) is -2.64. The molecule has 0 aromatic heterocycles. The number of nitrogens with one attached hydrogen (secondary N) is 2. The van der Waals surface area contributed by atoms with Crippen LogP contribution in [0.1, 0.15) is 33.0 Å². The molecule has 2 N–H and O–H groups in total. The Labute approximate surface area is 163 Å². The molecule has 1 aliphatic heterocycles. The van der Waals surface area contributed by atoms with Crippen LogP contribution in [0.2, 0.25) is 0 Å². The van der Waals surface area contributed by atoms with E-state index in [1.807, 2.05) is 30.3 Å². The summed E-state index contributed by atoms with van der Waals surface area (Å²) in [7, 11) is 0. The number of carbonyl (C=O) groups excluding carboxylic acids is 1. The van der Waals surface area contributed by atoms with Crippen molar-refractivity contribution in [1.29, 1.82) is 0 Å². The van der Waals surface area contributed by atoms with Gasteiger partial charge in [-0.2, -0.15) is 26.3 Å². The highest BCUT2D eigenvalue weighted by Crippen LogP contribution is 2.36. The summed E-state index contributed by atoms with van der Waals surface area (Å²) in [5, 5.41) is 5.68. The van der Waals surface area contributed by atoms with Crippen LogP contribution in [0.4, 0.5) is 26.3 Å². The fourth-order valence-electron chi connectivity index (χ4n) is 3.45. The van der Waals surface area contributed by atoms with E-state index in [2.05, 4.69) is 10.6 Å². The lowest BCUT2D eigenvalue weighted by molar-refractivity contribution is -0.143. The summed E-state index contributed by atoms with van der Waals surface area (Å²) < 4.78 is 77.8. The third-order valence-corrected chi connectivity index (χ3v) is 4.94. The highest BCUT2D eigenvalue weighted by Gasteiger charge is 2.37. The second kappa shape index (κ2) is 8.06. The molecule has 3 nitrogen and oxygen atoms in total. The molecule has 2 atom stereocenters. The molecule has 0 spiro atoms. The van der Waals surface area contributed by atoms with Gasteiger partial charge in [0.25, 0.3) is 5.91 Å². The van der Waals surface area contributed by atoms with Gasteiger partial charge in [0.1, 0.15) is 0 Å². The molecule has 1 fully saturated rings. The van der Waals surface area contributed by atoms with Gasteiger partial charge in [0.05, 0.1) is 11.1 Å². The number of hydrogen-bond donors (Lipinski definition) is 2. The van der Waals surface area contributed by atoms with Crippen molar-refractivity contribution in [1.82, 2.24) is 10.6 Å². The molecule has 0 unspecified atom stereocenters. The van der Waals surface area contributed by atoms with Gasteiger partial charge in [0, 0.05) is 31.1 Å². The van der Waals surface area contributed by atoms with Crippen molar-refractivity contribution in [3.63, 3.8) is 0 Å². The Bertz CT molecular complexity index is 831. The third kappa shape index (κ3) is 5.09. The molecule has 3 rings (SSSR count). The zero-order valence-corrected chi connectivity index (χ0v) is 15.1. The summed E-state index contributed by atoms with van der Waals surface area (Å²) >= 11 is 0. The summed E-state index contributed by atoms with van der Waals surface area (Å²) in [6, 6.07) is 10.4. The Balaban J connectivity index is 1.77. The van der Waals surface area contributed by atoms with E-state index in [0.29, 0.717) is 25.2 Å². The molecule has 0 radical (unpaired) electrons. The van der Waals surface area contributed by atoms with Gasteiger partial charge in [0.15, 0.2) is 0 Å². The number of carbonyl (C=O) groups is 1. The number of alkyl halides is 6. The van der Waals surface area contributed by atoms with Crippen LogP contribution in [0.5, 0.6) is 0 Å². The van der Waals surface area contributed by atoms with Crippen molar-refractivity contribution in [3.8, 4) is 0 Å². The second-order valence-electron chi connectivity index (χ2n) is 6.94. The minimum absolute atomic E-state index is 0.00308. The lowest BCUT2D eigenvalue weighted by Crippen LogP contribution is -2.32. The molecule has 156 valence electrons. The highest BCUT2D eigenvalue weighted by atomic mass is 19.4. The van der Waals surface area contributed by atoms with E-state index in [9.17, 15) is 31.1 Å². The predicted octanol–water partition coefficient (Wildman–Crippen LogP) is 4.46. The molecule has 1 heterocycles. The van der Waals surface area contributed by atoms with E-state index >= 15 is 0 Å². The van der Waals surface area contributed by atoms with Crippen LogP contribution in [0.25, 0.3) is 0 Å². The third-order valence-electron chi connectivity index (χ3n) is 4.94. The molecular formula is C20H18F6N2O. The molecule has 0 aliphatic carbocycles. The van der Waals surface area contributed by atoms with Crippen molar-refractivity contribution in [3.05, 3.63) is 70.8 Å². The van der Waals surface area contributed by atoms with Crippen molar-refractivity contribution >= 4 is 5.91 Å². The van der Waals surface area contributed by atoms with Crippen LogP contribution in [0.15, 0.2) is 48.5 Å². The zero-order valence-electron chi connectivity index (χ0n) is 15.1. The van der Waals surface area contributed by atoms with Gasteiger partial charge in [-0.25, -0.2) is 0 Å². The van der Waals surface area contributed by atoms with Gasteiger partial charge in [0.2, 0.25) is 0 Å². The van der Waals surface area contributed by atoms with Crippen LogP contribution in [-0.2, 0) is 12.4 Å². The van der Waals surface area contributed by atoms with E-state index in [4.69, 9.17) is 0 Å². The monoisotopic (exact) mass is 416 g/mol. The molecule has 29 heavy (non-hydrogen) atoms. The van der Waals surface area contributed by atoms with Gasteiger partial charge in [-0.3, -0.25) is 4.79 Å². The Morgan fingerprint density at radius 2 is 1.52 bits per heavy atom. The van der Waals surface area contributed by atoms with Gasteiger partial charge in [-0.15, -0.1) is 0 Å². The maximum Gasteiger partial charge on any atom is 0.416 e. The number of hydrogen-bond acceptors (Lipinski definition) is 2. The van der Waals surface area contributed by atoms with Crippen molar-refractivity contribution < 1.29 is 31.1 Å². The maximum atomic E-state index is 13.0. The average molecular weight is 416 g/mol. The number of amides is 1. The number of rotatable bonds is 4. The first kappa shape index (κ1) is 21.2. The number of halogens is 6. The van der Waals surface area contributed by atoms with E-state index in [1.54, 1.807) is 0 Å². The summed E-state index contributed by atoms with van der Waals surface area (Å²) in [6.07, 6.45) is -9.99. The molecule has 0 bridgehead atoms. The van der Waals surface area contributed by atoms with Crippen LogP contribution in [-0.4, -0.2) is 25.5 Å². The Morgan fingerprint density at radius 3 is 2.07 bits per heavy atom. The minimum atomic E-state index is -5.00. The van der Waals surface area contributed by atoms with Gasteiger partial charge >= 0.3 is 12.4 Å². The van der Waals surface area contributed by atoms with Crippen LogP contribution >= 0.6 is 0 Å². The van der Waals surface area contributed by atoms with Crippen LogP contribution < -0.4 is 10.6 Å². The largest absolute Gasteiger partial charge is 0.416 e.